The molecule has 2 unspecified atom stereocenters. The van der Waals surface area contributed by atoms with Crippen molar-refractivity contribution < 1.29 is 4.92 Å². The molecular weight excluding hydrogens is 331 g/mol. The summed E-state index contributed by atoms with van der Waals surface area (Å²) in [6, 6.07) is 5.70. The summed E-state index contributed by atoms with van der Waals surface area (Å²) in [5.74, 6) is 0.718. The predicted octanol–water partition coefficient (Wildman–Crippen LogP) is 3.80. The van der Waals surface area contributed by atoms with Crippen LogP contribution in [0.5, 0.6) is 0 Å². The second-order valence-electron chi connectivity index (χ2n) is 4.68. The van der Waals surface area contributed by atoms with Crippen molar-refractivity contribution in [2.45, 2.75) is 32.2 Å². The van der Waals surface area contributed by atoms with E-state index in [0.29, 0.717) is 11.7 Å². The largest absolute Gasteiger partial charge is 0.377 e. The van der Waals surface area contributed by atoms with Crippen LogP contribution >= 0.6 is 22.6 Å². The van der Waals surface area contributed by atoms with E-state index in [4.69, 9.17) is 0 Å². The first-order valence-electron chi connectivity index (χ1n) is 5.76. The molecule has 5 heteroatoms. The topological polar surface area (TPSA) is 55.2 Å². The minimum atomic E-state index is -0.317. The summed E-state index contributed by atoms with van der Waals surface area (Å²) in [7, 11) is 0. The molecular formula is C12H15IN2O2. The number of nitro groups is 1. The summed E-state index contributed by atoms with van der Waals surface area (Å²) >= 11 is 2.09. The van der Waals surface area contributed by atoms with Crippen LogP contribution in [0.3, 0.4) is 0 Å². The van der Waals surface area contributed by atoms with E-state index in [1.807, 2.05) is 12.1 Å². The number of nitro benzene ring substituents is 1. The van der Waals surface area contributed by atoms with E-state index in [9.17, 15) is 10.1 Å². The van der Waals surface area contributed by atoms with Gasteiger partial charge in [-0.2, -0.15) is 0 Å². The summed E-state index contributed by atoms with van der Waals surface area (Å²) in [6.45, 7) is 2.23. The summed E-state index contributed by atoms with van der Waals surface area (Å²) in [5.41, 5.74) is 0.825. The molecule has 0 amide bonds. The first kappa shape index (κ1) is 12.6. The highest BCUT2D eigenvalue weighted by Crippen LogP contribution is 2.32. The smallest absolute Gasteiger partial charge is 0.293 e. The Balaban J connectivity index is 2.17. The van der Waals surface area contributed by atoms with Crippen molar-refractivity contribution in [2.24, 2.45) is 5.92 Å². The number of rotatable bonds is 3. The normalized spacial score (nSPS) is 23.6. The molecule has 1 N–H and O–H groups in total. The van der Waals surface area contributed by atoms with Gasteiger partial charge in [0.05, 0.1) is 4.92 Å². The Bertz CT molecular complexity index is 437. The lowest BCUT2D eigenvalue weighted by atomic mass is 10.1. The first-order valence-corrected chi connectivity index (χ1v) is 6.84. The second-order valence-corrected chi connectivity index (χ2v) is 5.92. The number of benzene rings is 1. The van der Waals surface area contributed by atoms with Crippen molar-refractivity contribution in [2.75, 3.05) is 5.32 Å². The maximum absolute atomic E-state index is 11.0. The van der Waals surface area contributed by atoms with Gasteiger partial charge in [-0.05, 0) is 59.9 Å². The zero-order chi connectivity index (χ0) is 12.4. The minimum absolute atomic E-state index is 0.177. The Morgan fingerprint density at radius 1 is 1.47 bits per heavy atom. The molecule has 1 aliphatic carbocycles. The number of hydrogen-bond acceptors (Lipinski definition) is 3. The third kappa shape index (κ3) is 3.08. The maximum Gasteiger partial charge on any atom is 0.293 e. The Morgan fingerprint density at radius 3 is 2.82 bits per heavy atom. The molecule has 4 nitrogen and oxygen atoms in total. The van der Waals surface area contributed by atoms with Gasteiger partial charge in [0.2, 0.25) is 0 Å². The number of nitrogens with one attached hydrogen (secondary N) is 1. The third-order valence-electron chi connectivity index (χ3n) is 3.21. The van der Waals surface area contributed by atoms with E-state index in [-0.39, 0.29) is 10.6 Å². The van der Waals surface area contributed by atoms with E-state index < -0.39 is 0 Å². The molecule has 0 bridgehead atoms. The van der Waals surface area contributed by atoms with Crippen LogP contribution < -0.4 is 5.32 Å². The average molecular weight is 346 g/mol. The summed E-state index contributed by atoms with van der Waals surface area (Å²) in [4.78, 5) is 10.7. The fourth-order valence-corrected chi connectivity index (χ4v) is 2.81. The van der Waals surface area contributed by atoms with Gasteiger partial charge in [0, 0.05) is 15.7 Å². The highest BCUT2D eigenvalue weighted by atomic mass is 127. The lowest BCUT2D eigenvalue weighted by Crippen LogP contribution is -2.16. The van der Waals surface area contributed by atoms with Crippen molar-refractivity contribution in [3.63, 3.8) is 0 Å². The lowest BCUT2D eigenvalue weighted by molar-refractivity contribution is -0.384. The number of halogens is 1. The van der Waals surface area contributed by atoms with Crippen LogP contribution in [0.1, 0.15) is 26.2 Å². The average Bonchev–Trinajstić information content (AvgIpc) is 2.66. The van der Waals surface area contributed by atoms with Gasteiger partial charge in [0.1, 0.15) is 5.69 Å². The second kappa shape index (κ2) is 5.20. The van der Waals surface area contributed by atoms with Gasteiger partial charge in [-0.1, -0.05) is 6.92 Å². The highest BCUT2D eigenvalue weighted by Gasteiger charge is 2.23. The van der Waals surface area contributed by atoms with Crippen molar-refractivity contribution >= 4 is 34.0 Å². The van der Waals surface area contributed by atoms with Crippen LogP contribution in [0, 0.1) is 19.6 Å². The van der Waals surface area contributed by atoms with Gasteiger partial charge in [-0.15, -0.1) is 0 Å². The van der Waals surface area contributed by atoms with Crippen LogP contribution in [0.25, 0.3) is 0 Å². The Morgan fingerprint density at radius 2 is 2.24 bits per heavy atom. The summed E-state index contributed by atoms with van der Waals surface area (Å²) in [5, 5.41) is 14.3. The van der Waals surface area contributed by atoms with Crippen molar-refractivity contribution in [3.8, 4) is 0 Å². The molecule has 0 heterocycles. The molecule has 1 aromatic rings. The fraction of sp³-hybridized carbons (Fsp3) is 0.500. The van der Waals surface area contributed by atoms with Crippen molar-refractivity contribution in [1.29, 1.82) is 0 Å². The van der Waals surface area contributed by atoms with E-state index in [0.717, 1.165) is 22.3 Å². The molecule has 0 aliphatic heterocycles. The standard InChI is InChI=1S/C12H15IN2O2/c1-8-2-4-10(6-8)14-11-5-3-9(13)7-12(11)15(16)17/h3,5,7-8,10,14H,2,4,6H2,1H3. The molecule has 0 aromatic heterocycles. The molecule has 1 fully saturated rings. The summed E-state index contributed by atoms with van der Waals surface area (Å²) < 4.78 is 0.889. The van der Waals surface area contributed by atoms with Crippen LogP contribution in [0.4, 0.5) is 11.4 Å². The molecule has 1 saturated carbocycles. The van der Waals surface area contributed by atoms with Crippen LogP contribution in [-0.2, 0) is 0 Å². The summed E-state index contributed by atoms with van der Waals surface area (Å²) in [6.07, 6.45) is 3.41. The fourth-order valence-electron chi connectivity index (χ4n) is 2.34. The number of nitrogens with zero attached hydrogens (tertiary/aromatic N) is 1. The molecule has 0 spiro atoms. The van der Waals surface area contributed by atoms with E-state index in [2.05, 4.69) is 34.8 Å². The van der Waals surface area contributed by atoms with Crippen molar-refractivity contribution in [3.05, 3.63) is 31.9 Å². The lowest BCUT2D eigenvalue weighted by Gasteiger charge is -2.14. The predicted molar refractivity (Wildman–Crippen MR) is 76.2 cm³/mol. The van der Waals surface area contributed by atoms with Crippen molar-refractivity contribution in [1.82, 2.24) is 0 Å². The van der Waals surface area contributed by atoms with Gasteiger partial charge in [0.25, 0.3) is 5.69 Å². The van der Waals surface area contributed by atoms with Crippen LogP contribution in [0.2, 0.25) is 0 Å². The van der Waals surface area contributed by atoms with Crippen LogP contribution in [0.15, 0.2) is 18.2 Å². The monoisotopic (exact) mass is 346 g/mol. The zero-order valence-electron chi connectivity index (χ0n) is 9.65. The molecule has 0 radical (unpaired) electrons. The third-order valence-corrected chi connectivity index (χ3v) is 3.88. The molecule has 1 aliphatic rings. The number of hydrogen-bond donors (Lipinski definition) is 1. The van der Waals surface area contributed by atoms with E-state index >= 15 is 0 Å². The molecule has 2 atom stereocenters. The SMILES string of the molecule is CC1CCC(Nc2ccc(I)cc2[N+](=O)[O-])C1. The molecule has 0 saturated heterocycles. The first-order chi connectivity index (χ1) is 8.06. The van der Waals surface area contributed by atoms with E-state index in [1.54, 1.807) is 6.07 Å². The van der Waals surface area contributed by atoms with E-state index in [1.165, 1.54) is 6.42 Å². The van der Waals surface area contributed by atoms with Gasteiger partial charge < -0.3 is 5.32 Å². The Kier molecular flexibility index (Phi) is 3.86. The Labute approximate surface area is 114 Å². The number of anilines is 1. The maximum atomic E-state index is 11.0. The van der Waals surface area contributed by atoms with Gasteiger partial charge in [0.15, 0.2) is 0 Å². The zero-order valence-corrected chi connectivity index (χ0v) is 11.8. The van der Waals surface area contributed by atoms with Gasteiger partial charge in [-0.25, -0.2) is 0 Å². The molecule has 92 valence electrons. The minimum Gasteiger partial charge on any atom is -0.377 e. The molecule has 17 heavy (non-hydrogen) atoms. The van der Waals surface area contributed by atoms with Crippen LogP contribution in [-0.4, -0.2) is 11.0 Å². The molecule has 1 aromatic carbocycles. The highest BCUT2D eigenvalue weighted by molar-refractivity contribution is 14.1. The van der Waals surface area contributed by atoms with Gasteiger partial charge >= 0.3 is 0 Å². The quantitative estimate of drug-likeness (QED) is 0.515. The Hall–Kier alpha value is -0.850. The molecule has 2 rings (SSSR count). The van der Waals surface area contributed by atoms with Gasteiger partial charge in [-0.3, -0.25) is 10.1 Å².